The number of amides is 2. The largest absolute Gasteiger partial charge is 0.483 e. The number of hydrogen-bond acceptors (Lipinski definition) is 5. The average Bonchev–Trinajstić information content (AvgIpc) is 2.69. The third-order valence-corrected chi connectivity index (χ3v) is 5.14. The van der Waals surface area contributed by atoms with Crippen LogP contribution in [-0.4, -0.2) is 56.6 Å². The van der Waals surface area contributed by atoms with Gasteiger partial charge in [0.15, 0.2) is 12.7 Å². The van der Waals surface area contributed by atoms with Crippen molar-refractivity contribution in [2.45, 2.75) is 26.9 Å². The highest BCUT2D eigenvalue weighted by molar-refractivity contribution is 6.00. The first-order chi connectivity index (χ1) is 14.3. The number of carbonyl (C=O) groups excluding carboxylic acids is 2. The maximum Gasteiger partial charge on any atom is 0.267 e. The summed E-state index contributed by atoms with van der Waals surface area (Å²) in [7, 11) is 3.93. The lowest BCUT2D eigenvalue weighted by Gasteiger charge is -2.34. The number of rotatable bonds is 7. The minimum atomic E-state index is -0.571. The van der Waals surface area contributed by atoms with E-state index in [9.17, 15) is 9.59 Å². The van der Waals surface area contributed by atoms with Gasteiger partial charge in [-0.3, -0.25) is 9.59 Å². The fourth-order valence-electron chi connectivity index (χ4n) is 3.24. The van der Waals surface area contributed by atoms with E-state index < -0.39 is 6.10 Å². The molecule has 0 fully saturated rings. The molecule has 0 aromatic heterocycles. The number of ether oxygens (including phenoxy) is 2. The van der Waals surface area contributed by atoms with Crippen molar-refractivity contribution in [2.24, 2.45) is 0 Å². The molecule has 2 amide bonds. The summed E-state index contributed by atoms with van der Waals surface area (Å²) in [6.45, 7) is 6.92. The normalized spacial score (nSPS) is 15.6. The van der Waals surface area contributed by atoms with E-state index in [1.807, 2.05) is 51.0 Å². The lowest BCUT2D eigenvalue weighted by atomic mass is 10.1. The number of fused-ring (bicyclic) bond motifs is 1. The molecule has 1 aliphatic rings. The van der Waals surface area contributed by atoms with Gasteiger partial charge in [-0.05, 0) is 64.2 Å². The summed E-state index contributed by atoms with van der Waals surface area (Å²) in [6.07, 6.45) is -0.571. The van der Waals surface area contributed by atoms with Crippen LogP contribution in [0.4, 0.5) is 11.4 Å². The predicted octanol–water partition coefficient (Wildman–Crippen LogP) is 3.00. The van der Waals surface area contributed by atoms with Gasteiger partial charge in [0.05, 0.1) is 5.69 Å². The van der Waals surface area contributed by atoms with E-state index in [2.05, 4.69) is 5.32 Å². The molecule has 0 bridgehead atoms. The van der Waals surface area contributed by atoms with Crippen molar-refractivity contribution < 1.29 is 19.1 Å². The minimum Gasteiger partial charge on any atom is -0.483 e. The maximum atomic E-state index is 12.5. The summed E-state index contributed by atoms with van der Waals surface area (Å²) < 4.78 is 11.4. The Morgan fingerprint density at radius 3 is 2.73 bits per heavy atom. The summed E-state index contributed by atoms with van der Waals surface area (Å²) >= 11 is 0. The van der Waals surface area contributed by atoms with Crippen LogP contribution >= 0.6 is 0 Å². The van der Waals surface area contributed by atoms with Gasteiger partial charge in [-0.2, -0.15) is 0 Å². The molecule has 1 N–H and O–H groups in total. The van der Waals surface area contributed by atoms with Gasteiger partial charge >= 0.3 is 0 Å². The molecule has 1 unspecified atom stereocenters. The molecule has 0 saturated carbocycles. The molecule has 7 heteroatoms. The Hall–Kier alpha value is -3.06. The zero-order valence-corrected chi connectivity index (χ0v) is 18.2. The van der Waals surface area contributed by atoms with E-state index in [4.69, 9.17) is 9.47 Å². The second kappa shape index (κ2) is 9.17. The van der Waals surface area contributed by atoms with E-state index in [-0.39, 0.29) is 18.4 Å². The van der Waals surface area contributed by atoms with Crippen LogP contribution in [-0.2, 0) is 9.59 Å². The van der Waals surface area contributed by atoms with E-state index in [1.54, 1.807) is 30.0 Å². The fourth-order valence-corrected chi connectivity index (χ4v) is 3.24. The number of carbonyl (C=O) groups is 2. The molecule has 0 aliphatic carbocycles. The highest BCUT2D eigenvalue weighted by Crippen LogP contribution is 2.36. The van der Waals surface area contributed by atoms with Gasteiger partial charge in [0, 0.05) is 24.8 Å². The minimum absolute atomic E-state index is 0.0666. The molecule has 0 saturated heterocycles. The lowest BCUT2D eigenvalue weighted by molar-refractivity contribution is -0.125. The van der Waals surface area contributed by atoms with Crippen molar-refractivity contribution in [3.05, 3.63) is 47.5 Å². The van der Waals surface area contributed by atoms with Gasteiger partial charge in [-0.15, -0.1) is 0 Å². The predicted molar refractivity (Wildman–Crippen MR) is 117 cm³/mol. The molecule has 30 heavy (non-hydrogen) atoms. The van der Waals surface area contributed by atoms with Gasteiger partial charge in [-0.25, -0.2) is 0 Å². The zero-order chi connectivity index (χ0) is 21.8. The Labute approximate surface area is 177 Å². The topological polar surface area (TPSA) is 71.1 Å². The van der Waals surface area contributed by atoms with Crippen molar-refractivity contribution in [1.29, 1.82) is 0 Å². The van der Waals surface area contributed by atoms with Gasteiger partial charge in [-0.1, -0.05) is 12.1 Å². The van der Waals surface area contributed by atoms with Crippen LogP contribution in [0.3, 0.4) is 0 Å². The average molecular weight is 412 g/mol. The molecule has 160 valence electrons. The number of nitrogens with one attached hydrogen (secondary N) is 1. The first-order valence-electron chi connectivity index (χ1n) is 10.0. The first kappa shape index (κ1) is 21.6. The molecule has 7 nitrogen and oxygen atoms in total. The smallest absolute Gasteiger partial charge is 0.267 e. The van der Waals surface area contributed by atoms with E-state index in [1.165, 1.54) is 0 Å². The third-order valence-electron chi connectivity index (χ3n) is 5.14. The second-order valence-electron chi connectivity index (χ2n) is 7.77. The number of aryl methyl sites for hydroxylation is 1. The highest BCUT2D eigenvalue weighted by atomic mass is 16.5. The quantitative estimate of drug-likeness (QED) is 0.758. The maximum absolute atomic E-state index is 12.5. The van der Waals surface area contributed by atoms with E-state index >= 15 is 0 Å². The molecular weight excluding hydrogens is 382 g/mol. The van der Waals surface area contributed by atoms with Crippen LogP contribution in [0.1, 0.15) is 18.1 Å². The van der Waals surface area contributed by atoms with Crippen LogP contribution in [0.2, 0.25) is 0 Å². The van der Waals surface area contributed by atoms with Crippen molar-refractivity contribution in [1.82, 2.24) is 4.90 Å². The Balaban J connectivity index is 1.68. The van der Waals surface area contributed by atoms with Crippen LogP contribution in [0, 0.1) is 13.8 Å². The summed E-state index contributed by atoms with van der Waals surface area (Å²) in [5.74, 6) is 0.945. The van der Waals surface area contributed by atoms with E-state index in [0.717, 1.165) is 17.7 Å². The molecule has 0 spiro atoms. The van der Waals surface area contributed by atoms with Gasteiger partial charge in [0.1, 0.15) is 11.5 Å². The lowest BCUT2D eigenvalue weighted by Crippen LogP contribution is -2.46. The monoisotopic (exact) mass is 411 g/mol. The Morgan fingerprint density at radius 1 is 1.23 bits per heavy atom. The molecule has 0 radical (unpaired) electrons. The molecule has 2 aromatic rings. The number of benzene rings is 2. The Kier molecular flexibility index (Phi) is 6.62. The standard InChI is InChI=1S/C23H29N3O4/c1-15-7-6-8-20(16(15)2)29-14-22(27)24-18-9-10-19-21(13-18)30-17(3)23(28)26(19)12-11-25(4)5/h6-10,13,17H,11-12,14H2,1-5H3,(H,24,27). The SMILES string of the molecule is Cc1cccc(OCC(=O)Nc2ccc3c(c2)OC(C)C(=O)N3CCN(C)C)c1C. The molecule has 1 atom stereocenters. The first-order valence-corrected chi connectivity index (χ1v) is 10.0. The van der Waals surface area contributed by atoms with Crippen molar-refractivity contribution in [2.75, 3.05) is 44.0 Å². The van der Waals surface area contributed by atoms with Crippen molar-refractivity contribution >= 4 is 23.2 Å². The number of hydrogen-bond donors (Lipinski definition) is 1. The van der Waals surface area contributed by atoms with Gasteiger partial charge in [0.2, 0.25) is 0 Å². The summed E-state index contributed by atoms with van der Waals surface area (Å²) in [5, 5.41) is 2.83. The molecule has 1 aliphatic heterocycles. The molecular formula is C23H29N3O4. The zero-order valence-electron chi connectivity index (χ0n) is 18.2. The third kappa shape index (κ3) is 4.91. The molecule has 3 rings (SSSR count). The highest BCUT2D eigenvalue weighted by Gasteiger charge is 2.31. The number of anilines is 2. The van der Waals surface area contributed by atoms with Crippen LogP contribution in [0.5, 0.6) is 11.5 Å². The molecule has 2 aromatic carbocycles. The van der Waals surface area contributed by atoms with Crippen LogP contribution < -0.4 is 19.7 Å². The molecule has 1 heterocycles. The summed E-state index contributed by atoms with van der Waals surface area (Å²) in [5.41, 5.74) is 3.44. The number of nitrogens with zero attached hydrogens (tertiary/aromatic N) is 2. The second-order valence-corrected chi connectivity index (χ2v) is 7.77. The van der Waals surface area contributed by atoms with Gasteiger partial charge in [0.25, 0.3) is 11.8 Å². The summed E-state index contributed by atoms with van der Waals surface area (Å²) in [6, 6.07) is 11.1. The van der Waals surface area contributed by atoms with Crippen LogP contribution in [0.15, 0.2) is 36.4 Å². The Morgan fingerprint density at radius 2 is 2.00 bits per heavy atom. The van der Waals surface area contributed by atoms with Crippen molar-refractivity contribution in [3.63, 3.8) is 0 Å². The van der Waals surface area contributed by atoms with Gasteiger partial charge < -0.3 is 24.6 Å². The van der Waals surface area contributed by atoms with E-state index in [0.29, 0.717) is 29.4 Å². The fraction of sp³-hybridized carbons (Fsp3) is 0.391. The van der Waals surface area contributed by atoms with Crippen LogP contribution in [0.25, 0.3) is 0 Å². The van der Waals surface area contributed by atoms with Crippen molar-refractivity contribution in [3.8, 4) is 11.5 Å². The Bertz CT molecular complexity index is 942. The summed E-state index contributed by atoms with van der Waals surface area (Å²) in [4.78, 5) is 28.7. The number of likely N-dealkylation sites (N-methyl/N-ethyl adjacent to an activating group) is 1.